The average molecular weight is 324 g/mol. The van der Waals surface area contributed by atoms with E-state index >= 15 is 0 Å². The van der Waals surface area contributed by atoms with Gasteiger partial charge in [0, 0.05) is 50.9 Å². The van der Waals surface area contributed by atoms with Gasteiger partial charge in [-0.1, -0.05) is 18.2 Å². The van der Waals surface area contributed by atoms with Gasteiger partial charge in [-0.3, -0.25) is 4.79 Å². The van der Waals surface area contributed by atoms with Gasteiger partial charge in [0.2, 0.25) is 5.91 Å². The number of anilines is 1. The summed E-state index contributed by atoms with van der Waals surface area (Å²) in [6, 6.07) is 8.70. The lowest BCUT2D eigenvalue weighted by atomic mass is 9.98. The van der Waals surface area contributed by atoms with Crippen LogP contribution >= 0.6 is 0 Å². The standard InChI is InChI=1S/C19H24N4O/c1-21-14-20-11-16(21)13-23-12-15(17-5-2-3-6-18(17)23)8-10-22-9-4-7-19(22)24/h2-3,5-6,11,14-15H,4,7-10,12-13H2,1H3. The number of hydrogen-bond donors (Lipinski definition) is 0. The minimum atomic E-state index is 0.327. The SMILES string of the molecule is Cn1cncc1CN1CC(CCN2CCCC2=O)c2ccccc21. The molecular formula is C19H24N4O. The Morgan fingerprint density at radius 3 is 2.88 bits per heavy atom. The van der Waals surface area contributed by atoms with Gasteiger partial charge in [0.1, 0.15) is 0 Å². The molecule has 126 valence electrons. The van der Waals surface area contributed by atoms with E-state index in [1.165, 1.54) is 16.9 Å². The molecule has 24 heavy (non-hydrogen) atoms. The van der Waals surface area contributed by atoms with Crippen molar-refractivity contribution < 1.29 is 4.79 Å². The van der Waals surface area contributed by atoms with Gasteiger partial charge < -0.3 is 14.4 Å². The highest BCUT2D eigenvalue weighted by Gasteiger charge is 2.30. The third-order valence-corrected chi connectivity index (χ3v) is 5.35. The highest BCUT2D eigenvalue weighted by atomic mass is 16.2. The molecule has 3 heterocycles. The summed E-state index contributed by atoms with van der Waals surface area (Å²) < 4.78 is 2.08. The molecule has 1 unspecified atom stereocenters. The van der Waals surface area contributed by atoms with E-state index in [1.54, 1.807) is 0 Å². The van der Waals surface area contributed by atoms with E-state index < -0.39 is 0 Å². The molecule has 5 nitrogen and oxygen atoms in total. The maximum Gasteiger partial charge on any atom is 0.222 e. The number of hydrogen-bond acceptors (Lipinski definition) is 3. The zero-order valence-corrected chi connectivity index (χ0v) is 14.2. The number of likely N-dealkylation sites (tertiary alicyclic amines) is 1. The Morgan fingerprint density at radius 2 is 2.12 bits per heavy atom. The first-order valence-electron chi connectivity index (χ1n) is 8.79. The van der Waals surface area contributed by atoms with E-state index in [2.05, 4.69) is 38.7 Å². The zero-order valence-electron chi connectivity index (χ0n) is 14.2. The number of imidazole rings is 1. The molecular weight excluding hydrogens is 300 g/mol. The molecule has 0 bridgehead atoms. The minimum absolute atomic E-state index is 0.327. The average Bonchev–Trinajstić information content (AvgIpc) is 3.27. The predicted octanol–water partition coefficient (Wildman–Crippen LogP) is 2.54. The largest absolute Gasteiger partial charge is 0.365 e. The van der Waals surface area contributed by atoms with Crippen molar-refractivity contribution in [2.45, 2.75) is 31.7 Å². The fourth-order valence-corrected chi connectivity index (χ4v) is 3.96. The van der Waals surface area contributed by atoms with Gasteiger partial charge in [-0.15, -0.1) is 0 Å². The fraction of sp³-hybridized carbons (Fsp3) is 0.474. The van der Waals surface area contributed by atoms with Crippen LogP contribution in [0.1, 0.15) is 36.4 Å². The van der Waals surface area contributed by atoms with Crippen molar-refractivity contribution in [2.75, 3.05) is 24.5 Å². The van der Waals surface area contributed by atoms with Crippen molar-refractivity contribution in [2.24, 2.45) is 7.05 Å². The number of amides is 1. The quantitative estimate of drug-likeness (QED) is 0.849. The first kappa shape index (κ1) is 15.2. The predicted molar refractivity (Wildman–Crippen MR) is 93.9 cm³/mol. The third-order valence-electron chi connectivity index (χ3n) is 5.35. The van der Waals surface area contributed by atoms with E-state index in [0.29, 0.717) is 11.8 Å². The summed E-state index contributed by atoms with van der Waals surface area (Å²) in [5.41, 5.74) is 3.97. The molecule has 0 N–H and O–H groups in total. The second-order valence-electron chi connectivity index (χ2n) is 6.91. The van der Waals surface area contributed by atoms with Crippen LogP contribution in [0.4, 0.5) is 5.69 Å². The lowest BCUT2D eigenvalue weighted by Crippen LogP contribution is -2.28. The van der Waals surface area contributed by atoms with Gasteiger partial charge in [-0.05, 0) is 24.5 Å². The highest BCUT2D eigenvalue weighted by molar-refractivity contribution is 5.78. The normalized spacial score (nSPS) is 20.0. The molecule has 2 aromatic rings. The molecule has 1 aromatic heterocycles. The van der Waals surface area contributed by atoms with E-state index in [9.17, 15) is 4.79 Å². The lowest BCUT2D eigenvalue weighted by Gasteiger charge is -2.21. The van der Waals surface area contributed by atoms with Crippen molar-refractivity contribution in [1.82, 2.24) is 14.5 Å². The number of rotatable bonds is 5. The van der Waals surface area contributed by atoms with Crippen LogP contribution in [-0.2, 0) is 18.4 Å². The van der Waals surface area contributed by atoms with Crippen molar-refractivity contribution in [3.05, 3.63) is 48.0 Å². The number of benzene rings is 1. The summed E-state index contributed by atoms with van der Waals surface area (Å²) in [6.07, 6.45) is 6.60. The monoisotopic (exact) mass is 324 g/mol. The van der Waals surface area contributed by atoms with E-state index in [4.69, 9.17) is 0 Å². The van der Waals surface area contributed by atoms with Gasteiger partial charge in [-0.25, -0.2) is 4.98 Å². The van der Waals surface area contributed by atoms with Crippen molar-refractivity contribution >= 4 is 11.6 Å². The van der Waals surface area contributed by atoms with Crippen molar-refractivity contribution in [3.8, 4) is 0 Å². The van der Waals surface area contributed by atoms with Crippen LogP contribution < -0.4 is 4.90 Å². The summed E-state index contributed by atoms with van der Waals surface area (Å²) in [7, 11) is 2.04. The molecule has 5 heteroatoms. The first-order chi connectivity index (χ1) is 11.7. The molecule has 1 atom stereocenters. The highest BCUT2D eigenvalue weighted by Crippen LogP contribution is 2.38. The maximum absolute atomic E-state index is 11.8. The van der Waals surface area contributed by atoms with Crippen molar-refractivity contribution in [3.63, 3.8) is 0 Å². The van der Waals surface area contributed by atoms with E-state index in [-0.39, 0.29) is 0 Å². The molecule has 0 radical (unpaired) electrons. The van der Waals surface area contributed by atoms with Crippen LogP contribution in [0.3, 0.4) is 0 Å². The molecule has 1 saturated heterocycles. The zero-order chi connectivity index (χ0) is 16.5. The lowest BCUT2D eigenvalue weighted by molar-refractivity contribution is -0.127. The Labute approximate surface area is 142 Å². The van der Waals surface area contributed by atoms with E-state index in [0.717, 1.165) is 45.4 Å². The van der Waals surface area contributed by atoms with Crippen LogP contribution in [0.5, 0.6) is 0 Å². The summed E-state index contributed by atoms with van der Waals surface area (Å²) in [6.45, 7) is 3.72. The molecule has 0 saturated carbocycles. The molecule has 0 aliphatic carbocycles. The molecule has 1 fully saturated rings. The van der Waals surface area contributed by atoms with Crippen LogP contribution in [0.15, 0.2) is 36.8 Å². The van der Waals surface area contributed by atoms with Crippen molar-refractivity contribution in [1.29, 1.82) is 0 Å². The second-order valence-corrected chi connectivity index (χ2v) is 6.91. The summed E-state index contributed by atoms with van der Waals surface area (Å²) in [5.74, 6) is 0.829. The second kappa shape index (κ2) is 6.30. The summed E-state index contributed by atoms with van der Waals surface area (Å²) in [5, 5.41) is 0. The van der Waals surface area contributed by atoms with Crippen LogP contribution in [0.2, 0.25) is 0 Å². The Morgan fingerprint density at radius 1 is 1.25 bits per heavy atom. The third kappa shape index (κ3) is 2.79. The van der Waals surface area contributed by atoms with Crippen LogP contribution in [0, 0.1) is 0 Å². The molecule has 1 amide bonds. The number of fused-ring (bicyclic) bond motifs is 1. The Bertz CT molecular complexity index is 738. The number of carbonyl (C=O) groups excluding carboxylic acids is 1. The number of nitrogens with zero attached hydrogens (tertiary/aromatic N) is 4. The first-order valence-corrected chi connectivity index (χ1v) is 8.79. The Hall–Kier alpha value is -2.30. The Balaban J connectivity index is 1.48. The van der Waals surface area contributed by atoms with Crippen LogP contribution in [0.25, 0.3) is 0 Å². The van der Waals surface area contributed by atoms with Gasteiger partial charge in [0.15, 0.2) is 0 Å². The van der Waals surface area contributed by atoms with Crippen LogP contribution in [-0.4, -0.2) is 40.0 Å². The number of aromatic nitrogens is 2. The van der Waals surface area contributed by atoms with Gasteiger partial charge in [0.05, 0.1) is 18.6 Å². The summed E-state index contributed by atoms with van der Waals surface area (Å²) in [4.78, 5) is 20.6. The minimum Gasteiger partial charge on any atom is -0.365 e. The molecule has 0 spiro atoms. The number of para-hydroxylation sites is 1. The Kier molecular flexibility index (Phi) is 4.00. The molecule has 4 rings (SSSR count). The maximum atomic E-state index is 11.8. The fourth-order valence-electron chi connectivity index (χ4n) is 3.96. The topological polar surface area (TPSA) is 41.4 Å². The van der Waals surface area contributed by atoms with Gasteiger partial charge in [-0.2, -0.15) is 0 Å². The number of aryl methyl sites for hydroxylation is 1. The number of carbonyl (C=O) groups is 1. The molecule has 2 aliphatic rings. The smallest absolute Gasteiger partial charge is 0.222 e. The van der Waals surface area contributed by atoms with Gasteiger partial charge >= 0.3 is 0 Å². The summed E-state index contributed by atoms with van der Waals surface area (Å²) >= 11 is 0. The molecule has 1 aromatic carbocycles. The molecule has 2 aliphatic heterocycles. The van der Waals surface area contributed by atoms with Gasteiger partial charge in [0.25, 0.3) is 0 Å². The van der Waals surface area contributed by atoms with E-state index in [1.807, 2.05) is 24.5 Å².